The maximum absolute atomic E-state index is 4.34. The zero-order chi connectivity index (χ0) is 11.1. The zero-order valence-corrected chi connectivity index (χ0v) is 10.0. The predicted octanol–water partition coefficient (Wildman–Crippen LogP) is 2.65. The quantitative estimate of drug-likeness (QED) is 0.774. The van der Waals surface area contributed by atoms with Gasteiger partial charge in [-0.1, -0.05) is 26.8 Å². The van der Waals surface area contributed by atoms with Crippen molar-refractivity contribution < 1.29 is 0 Å². The second kappa shape index (κ2) is 6.57. The molecule has 0 bridgehead atoms. The molecule has 1 heterocycles. The summed E-state index contributed by atoms with van der Waals surface area (Å²) in [7, 11) is 0. The molecule has 84 valence electrons. The van der Waals surface area contributed by atoms with Crippen LogP contribution in [0, 0.1) is 5.92 Å². The molecule has 0 aliphatic rings. The van der Waals surface area contributed by atoms with Crippen LogP contribution in [0.1, 0.15) is 32.9 Å². The maximum atomic E-state index is 4.34. The lowest BCUT2D eigenvalue weighted by Gasteiger charge is -2.13. The first-order valence-electron chi connectivity index (χ1n) is 5.81. The van der Waals surface area contributed by atoms with Crippen LogP contribution >= 0.6 is 0 Å². The highest BCUT2D eigenvalue weighted by Gasteiger charge is 2.04. The van der Waals surface area contributed by atoms with Gasteiger partial charge in [-0.2, -0.15) is 0 Å². The van der Waals surface area contributed by atoms with Gasteiger partial charge in [0.25, 0.3) is 0 Å². The van der Waals surface area contributed by atoms with Crippen molar-refractivity contribution in [3.05, 3.63) is 30.1 Å². The summed E-state index contributed by atoms with van der Waals surface area (Å²) >= 11 is 0. The van der Waals surface area contributed by atoms with Crippen molar-refractivity contribution in [2.75, 3.05) is 6.54 Å². The summed E-state index contributed by atoms with van der Waals surface area (Å²) in [4.78, 5) is 4.34. The lowest BCUT2D eigenvalue weighted by Crippen LogP contribution is -2.25. The molecular formula is C13H22N2. The van der Waals surface area contributed by atoms with E-state index in [0.717, 1.165) is 13.0 Å². The highest BCUT2D eigenvalue weighted by atomic mass is 14.9. The van der Waals surface area contributed by atoms with Crippen molar-refractivity contribution >= 4 is 0 Å². The fraction of sp³-hybridized carbons (Fsp3) is 0.615. The molecule has 0 aliphatic heterocycles. The number of hydrogen-bond donors (Lipinski definition) is 1. The van der Waals surface area contributed by atoms with Gasteiger partial charge in [-0.3, -0.25) is 4.98 Å². The van der Waals surface area contributed by atoms with E-state index in [1.165, 1.54) is 12.1 Å². The van der Waals surface area contributed by atoms with Crippen LogP contribution in [0.3, 0.4) is 0 Å². The number of nitrogens with one attached hydrogen (secondary N) is 1. The molecule has 1 unspecified atom stereocenters. The Kier molecular flexibility index (Phi) is 5.33. The first-order chi connectivity index (χ1) is 7.18. The molecule has 1 atom stereocenters. The third-order valence-corrected chi connectivity index (χ3v) is 2.47. The molecule has 0 aromatic carbocycles. The summed E-state index contributed by atoms with van der Waals surface area (Å²) in [6.07, 6.45) is 4.17. The highest BCUT2D eigenvalue weighted by molar-refractivity contribution is 5.03. The third-order valence-electron chi connectivity index (χ3n) is 2.47. The van der Waals surface area contributed by atoms with Crippen LogP contribution in [-0.2, 0) is 6.42 Å². The predicted molar refractivity (Wildman–Crippen MR) is 64.9 cm³/mol. The first kappa shape index (κ1) is 12.2. The Morgan fingerprint density at radius 2 is 2.07 bits per heavy atom. The Bertz CT molecular complexity index is 256. The van der Waals surface area contributed by atoms with E-state index in [9.17, 15) is 0 Å². The van der Waals surface area contributed by atoms with Gasteiger partial charge in [0, 0.05) is 17.9 Å². The van der Waals surface area contributed by atoms with E-state index in [1.807, 2.05) is 12.3 Å². The smallest absolute Gasteiger partial charge is 0.0406 e. The molecule has 0 radical (unpaired) electrons. The molecule has 1 aromatic heterocycles. The monoisotopic (exact) mass is 206 g/mol. The van der Waals surface area contributed by atoms with Gasteiger partial charge < -0.3 is 5.32 Å². The molecule has 0 spiro atoms. The van der Waals surface area contributed by atoms with E-state index in [-0.39, 0.29) is 0 Å². The Labute approximate surface area is 93.1 Å². The first-order valence-corrected chi connectivity index (χ1v) is 5.81. The second-order valence-electron chi connectivity index (χ2n) is 4.53. The minimum Gasteiger partial charge on any atom is -0.315 e. The standard InChI is InChI=1S/C13H22N2/c1-11(2)14-9-7-12(3)10-13-6-4-5-8-15-13/h4-6,8,11-12,14H,7,9-10H2,1-3H3. The Balaban J connectivity index is 2.21. The van der Waals surface area contributed by atoms with Gasteiger partial charge in [0.2, 0.25) is 0 Å². The van der Waals surface area contributed by atoms with Crippen LogP contribution in [0.5, 0.6) is 0 Å². The van der Waals surface area contributed by atoms with Crippen LogP contribution in [0.25, 0.3) is 0 Å². The number of pyridine rings is 1. The van der Waals surface area contributed by atoms with E-state index in [1.54, 1.807) is 0 Å². The molecule has 0 aliphatic carbocycles. The highest BCUT2D eigenvalue weighted by Crippen LogP contribution is 2.08. The topological polar surface area (TPSA) is 24.9 Å². The lowest BCUT2D eigenvalue weighted by atomic mass is 10.0. The summed E-state index contributed by atoms with van der Waals surface area (Å²) in [6, 6.07) is 6.72. The second-order valence-corrected chi connectivity index (χ2v) is 4.53. The Morgan fingerprint density at radius 3 is 2.67 bits per heavy atom. The number of nitrogens with zero attached hydrogens (tertiary/aromatic N) is 1. The minimum absolute atomic E-state index is 0.590. The van der Waals surface area contributed by atoms with Crippen molar-refractivity contribution in [2.24, 2.45) is 5.92 Å². The van der Waals surface area contributed by atoms with Crippen molar-refractivity contribution in [3.63, 3.8) is 0 Å². The molecule has 1 rings (SSSR count). The average Bonchev–Trinajstić information content (AvgIpc) is 2.18. The van der Waals surface area contributed by atoms with Crippen LogP contribution in [0.2, 0.25) is 0 Å². The molecular weight excluding hydrogens is 184 g/mol. The van der Waals surface area contributed by atoms with Crippen molar-refractivity contribution in [1.82, 2.24) is 10.3 Å². The van der Waals surface area contributed by atoms with Gasteiger partial charge in [0.15, 0.2) is 0 Å². The normalized spacial score (nSPS) is 13.1. The molecule has 1 aromatic rings. The van der Waals surface area contributed by atoms with Gasteiger partial charge in [-0.15, -0.1) is 0 Å². The maximum Gasteiger partial charge on any atom is 0.0406 e. The largest absolute Gasteiger partial charge is 0.315 e. The summed E-state index contributed by atoms with van der Waals surface area (Å²) < 4.78 is 0. The molecule has 15 heavy (non-hydrogen) atoms. The average molecular weight is 206 g/mol. The summed E-state index contributed by atoms with van der Waals surface area (Å²) in [5, 5.41) is 3.44. The van der Waals surface area contributed by atoms with Crippen molar-refractivity contribution in [1.29, 1.82) is 0 Å². The zero-order valence-electron chi connectivity index (χ0n) is 10.0. The molecule has 1 N–H and O–H groups in total. The summed E-state index contributed by atoms with van der Waals surface area (Å²) in [6.45, 7) is 7.76. The van der Waals surface area contributed by atoms with Crippen molar-refractivity contribution in [3.8, 4) is 0 Å². The van der Waals surface area contributed by atoms with E-state index < -0.39 is 0 Å². The van der Waals surface area contributed by atoms with Crippen molar-refractivity contribution in [2.45, 2.75) is 39.7 Å². The van der Waals surface area contributed by atoms with Crippen LogP contribution in [0.4, 0.5) is 0 Å². The molecule has 2 nitrogen and oxygen atoms in total. The minimum atomic E-state index is 0.590. The van der Waals surface area contributed by atoms with Crippen LogP contribution in [0.15, 0.2) is 24.4 Å². The van der Waals surface area contributed by atoms with Gasteiger partial charge >= 0.3 is 0 Å². The van der Waals surface area contributed by atoms with E-state index in [4.69, 9.17) is 0 Å². The molecule has 0 fully saturated rings. The molecule has 0 saturated heterocycles. The van der Waals surface area contributed by atoms with E-state index in [2.05, 4.69) is 43.2 Å². The number of hydrogen-bond acceptors (Lipinski definition) is 2. The van der Waals surface area contributed by atoms with Gasteiger partial charge in [-0.25, -0.2) is 0 Å². The fourth-order valence-corrected chi connectivity index (χ4v) is 1.60. The third kappa shape index (κ3) is 5.53. The SMILES string of the molecule is CC(CCNC(C)C)Cc1ccccn1. The molecule has 0 saturated carbocycles. The van der Waals surface area contributed by atoms with E-state index >= 15 is 0 Å². The Hall–Kier alpha value is -0.890. The summed E-state index contributed by atoms with van der Waals surface area (Å²) in [5.74, 6) is 0.700. The molecule has 2 heteroatoms. The number of rotatable bonds is 6. The Morgan fingerprint density at radius 1 is 1.27 bits per heavy atom. The number of aromatic nitrogens is 1. The van der Waals surface area contributed by atoms with Crippen LogP contribution in [-0.4, -0.2) is 17.6 Å². The van der Waals surface area contributed by atoms with Gasteiger partial charge in [0.1, 0.15) is 0 Å². The lowest BCUT2D eigenvalue weighted by molar-refractivity contribution is 0.473. The van der Waals surface area contributed by atoms with E-state index in [0.29, 0.717) is 12.0 Å². The molecule has 0 amide bonds. The van der Waals surface area contributed by atoms with Gasteiger partial charge in [0.05, 0.1) is 0 Å². The van der Waals surface area contributed by atoms with Gasteiger partial charge in [-0.05, 0) is 37.4 Å². The summed E-state index contributed by atoms with van der Waals surface area (Å²) in [5.41, 5.74) is 1.20. The fourth-order valence-electron chi connectivity index (χ4n) is 1.60. The van der Waals surface area contributed by atoms with Crippen LogP contribution < -0.4 is 5.32 Å².